The number of benzene rings is 13. The quantitative estimate of drug-likeness (QED) is 0.0576. The Kier molecular flexibility index (Phi) is 32.7. The van der Waals surface area contributed by atoms with E-state index >= 15 is 0 Å². The average molecular weight is 2230 g/mol. The standard InChI is InChI=1S/C55H42N2OS.C27H30BNO2.C13H6Br2OS.H23P21/c1-54(2)43-13-5-9-17-47(43)56(48-18-10-6-14-44(48)54)39-27-21-35(22-28-39)37-25-31-51-41(33-37)53(58)42-34-38(26-32-52(42)59-51)36-23-29-40(30-24-36)57-49-19-11-7-15-45(49)55(3,4)46-16-8-12-20-50(46)57;1-25(2)21-11-7-9-13-23(21)29(24-14-10-8-12-22(24)25)20-17-15-19(16-18-20)28-30-26(3,4)27(5,6)31-28;14-7-1-3-11-9(5-7)13(16)10-6-8(15)2-4-12(10)17-11;1-12-18(13(2)3)21(19(14(4)5)15(6)7)20(16(8)9)17(10)11/h5-34H,1-4H3;7-18H,1-6H3;1-6H;12H,1-11H2. The van der Waals surface area contributed by atoms with Crippen molar-refractivity contribution in [1.82, 2.24) is 0 Å². The number of anilines is 9. The minimum Gasteiger partial charge on any atom is -0.399 e. The Morgan fingerprint density at radius 3 is 0.828 bits per heavy atom. The number of hydrogen-bond donors (Lipinski definition) is 0. The number of hydrogen-bond acceptors (Lipinski definition) is 9. The molecule has 1 saturated heterocycles. The molecular weight excluding hydrogens is 2130 g/mol. The molecule has 7 nitrogen and oxygen atoms in total. The van der Waals surface area contributed by atoms with E-state index in [0.717, 1.165) is 102 Å². The lowest BCUT2D eigenvalue weighted by atomic mass is 9.73. The van der Waals surface area contributed by atoms with Crippen LogP contribution in [-0.4, -0.2) is 18.3 Å². The van der Waals surface area contributed by atoms with Crippen molar-refractivity contribution in [3.05, 3.63) is 354 Å². The SMILES string of the molecule is CC1(C)c2ccccc2N(c2ccc(-c3ccc4sc5ccc(-c6ccc(N7c8ccccc8C(C)(C)c8ccccc87)cc6)cc5c(=O)c4c3)cc2)c2ccccc21.CC1(C)c2ccccc2N(c2ccc(B3OC(C)(C)C(C)(C)O3)cc2)c2ccccc21.O=c1c2cc(Br)ccc2sc2ccc(Br)cc12.PPP(P(P)P)P(P(P(P)P)P(P)P)P(P(P)P)P(P)P. The summed E-state index contributed by atoms with van der Waals surface area (Å²) in [7, 11) is 35.6. The molecule has 0 spiro atoms. The molecule has 13 atom stereocenters. The summed E-state index contributed by atoms with van der Waals surface area (Å²) in [4.78, 5) is 33.8. The Balaban J connectivity index is 0.000000145. The third kappa shape index (κ3) is 20.3. The van der Waals surface area contributed by atoms with Crippen LogP contribution in [0.4, 0.5) is 51.2 Å². The topological polar surface area (TPSA) is 62.3 Å². The molecule has 13 unspecified atom stereocenters. The van der Waals surface area contributed by atoms with Gasteiger partial charge in [0.15, 0.2) is 10.9 Å². The summed E-state index contributed by atoms with van der Waals surface area (Å²) in [6.07, 6.45) is 0. The summed E-state index contributed by atoms with van der Waals surface area (Å²) in [6.45, 7) is 23.0. The van der Waals surface area contributed by atoms with Gasteiger partial charge in [0.25, 0.3) is 0 Å². The van der Waals surface area contributed by atoms with Gasteiger partial charge in [-0.2, -0.15) is 0 Å². The first-order valence-corrected chi connectivity index (χ1v) is 81.9. The second-order valence-corrected chi connectivity index (χ2v) is 119. The number of para-hydroxylation sites is 6. The molecule has 33 heteroatoms. The van der Waals surface area contributed by atoms with Crippen LogP contribution in [0.5, 0.6) is 0 Å². The molecule has 0 N–H and O–H groups in total. The molecule has 128 heavy (non-hydrogen) atoms. The van der Waals surface area contributed by atoms with Gasteiger partial charge in [-0.1, -0.05) is 239 Å². The number of nitrogens with zero attached hydrogens (tertiary/aromatic N) is 3. The Morgan fingerprint density at radius 2 is 0.562 bits per heavy atom. The average Bonchev–Trinajstić information content (AvgIpc) is 0.767. The highest BCUT2D eigenvalue weighted by Gasteiger charge is 2.52. The molecule has 0 amide bonds. The first kappa shape index (κ1) is 100. The van der Waals surface area contributed by atoms with Crippen molar-refractivity contribution in [2.24, 2.45) is 0 Å². The summed E-state index contributed by atoms with van der Waals surface area (Å²) < 4.78 is 18.4. The van der Waals surface area contributed by atoms with Gasteiger partial charge in [-0.25, -0.2) is 0 Å². The van der Waals surface area contributed by atoms with E-state index in [4.69, 9.17) is 9.31 Å². The van der Waals surface area contributed by atoms with Crippen molar-refractivity contribution in [3.63, 3.8) is 0 Å². The van der Waals surface area contributed by atoms with Crippen molar-refractivity contribution in [2.45, 2.75) is 96.7 Å². The maximum Gasteiger partial charge on any atom is 0.494 e. The van der Waals surface area contributed by atoms with Crippen LogP contribution < -0.4 is 31.0 Å². The lowest BCUT2D eigenvalue weighted by molar-refractivity contribution is 0.00578. The predicted molar refractivity (Wildman–Crippen MR) is 637 cm³/mol. The number of halogens is 2. The summed E-state index contributed by atoms with van der Waals surface area (Å²) in [6, 6.07) is 103. The summed E-state index contributed by atoms with van der Waals surface area (Å²) in [5.74, 6) is 0. The smallest absolute Gasteiger partial charge is 0.399 e. The maximum absolute atomic E-state index is 14.3. The Morgan fingerprint density at radius 1 is 0.312 bits per heavy atom. The lowest BCUT2D eigenvalue weighted by Crippen LogP contribution is -2.41. The predicted octanol–water partition coefficient (Wildman–Crippen LogP) is 37.9. The molecule has 2 aromatic heterocycles. The number of rotatable bonds is 15. The molecule has 0 aliphatic carbocycles. The summed E-state index contributed by atoms with van der Waals surface area (Å²) in [5.41, 5.74) is 23.1. The second kappa shape index (κ2) is 41.8. The molecule has 15 aromatic rings. The zero-order valence-corrected chi connectivity index (χ0v) is 98.8. The van der Waals surface area contributed by atoms with Crippen LogP contribution in [0, 0.1) is 0 Å². The third-order valence-corrected chi connectivity index (χ3v) is 160. The van der Waals surface area contributed by atoms with Crippen LogP contribution in [0.3, 0.4) is 0 Å². The molecule has 0 saturated carbocycles. The van der Waals surface area contributed by atoms with Gasteiger partial charge in [0.2, 0.25) is 0 Å². The van der Waals surface area contributed by atoms with Gasteiger partial charge in [0, 0.05) is 82.6 Å². The van der Waals surface area contributed by atoms with E-state index in [1.54, 1.807) is 22.7 Å². The molecule has 0 radical (unpaired) electrons. The van der Waals surface area contributed by atoms with Crippen LogP contribution in [-0.2, 0) is 25.6 Å². The Bertz CT molecular complexity index is 6350. The zero-order chi connectivity index (χ0) is 91.0. The fourth-order valence-electron chi connectivity index (χ4n) is 17.3. The van der Waals surface area contributed by atoms with Crippen molar-refractivity contribution >= 4 is 328 Å². The Labute approximate surface area is 816 Å². The van der Waals surface area contributed by atoms with Crippen LogP contribution in [0.1, 0.15) is 103 Å². The van der Waals surface area contributed by atoms with E-state index in [1.807, 2.05) is 36.4 Å². The maximum atomic E-state index is 14.3. The van der Waals surface area contributed by atoms with Crippen LogP contribution in [0.25, 0.3) is 62.6 Å². The van der Waals surface area contributed by atoms with Gasteiger partial charge < -0.3 is 24.0 Å². The highest BCUT2D eigenvalue weighted by atomic mass is 79.9. The highest BCUT2D eigenvalue weighted by molar-refractivity contribution is 9.37. The van der Waals surface area contributed by atoms with Crippen molar-refractivity contribution in [3.8, 4) is 22.3 Å². The van der Waals surface area contributed by atoms with E-state index in [1.165, 1.54) is 67.5 Å². The molecule has 0 bridgehead atoms. The first-order chi connectivity index (χ1) is 61.0. The van der Waals surface area contributed by atoms with E-state index in [0.29, 0.717) is 0 Å². The highest BCUT2D eigenvalue weighted by Crippen LogP contribution is 3.31. The summed E-state index contributed by atoms with van der Waals surface area (Å²) in [5, 5.41) is 3.05. The fourth-order valence-corrected chi connectivity index (χ4v) is 272. The van der Waals surface area contributed by atoms with Gasteiger partial charge in [0.1, 0.15) is 0 Å². The summed E-state index contributed by atoms with van der Waals surface area (Å²) >= 11 is 10.1. The lowest BCUT2D eigenvalue weighted by Gasteiger charge is -2.46. The fraction of sp³-hybridized carbons (Fsp3) is 0.158. The number of fused-ring (bicyclic) bond motifs is 10. The van der Waals surface area contributed by atoms with Gasteiger partial charge in [-0.15, -0.1) is 121 Å². The first-order valence-electron chi connectivity index (χ1n) is 41.1. The van der Waals surface area contributed by atoms with E-state index in [2.05, 4.69) is 469 Å². The minimum atomic E-state index is -0.348. The van der Waals surface area contributed by atoms with Crippen LogP contribution in [0.15, 0.2) is 310 Å². The Hall–Kier alpha value is -0.985. The normalized spacial score (nSPS) is 15.7. The van der Waals surface area contributed by atoms with Crippen molar-refractivity contribution in [1.29, 1.82) is 0 Å². The molecular formula is C95H101BBr2N3O4P21S2. The molecule has 6 heterocycles. The molecule has 13 aromatic carbocycles. The van der Waals surface area contributed by atoms with E-state index in [9.17, 15) is 9.59 Å². The molecule has 19 rings (SSSR count). The largest absolute Gasteiger partial charge is 0.494 e. The monoisotopic (exact) mass is 2230 g/mol. The van der Waals surface area contributed by atoms with E-state index in [-0.39, 0.29) is 108 Å². The van der Waals surface area contributed by atoms with Crippen LogP contribution in [0.2, 0.25) is 0 Å². The van der Waals surface area contributed by atoms with Crippen molar-refractivity contribution < 1.29 is 9.31 Å². The van der Waals surface area contributed by atoms with Gasteiger partial charge >= 0.3 is 7.12 Å². The molecule has 4 aliphatic heterocycles. The molecule has 654 valence electrons. The molecule has 1 fully saturated rings. The van der Waals surface area contributed by atoms with Gasteiger partial charge in [-0.05, 0) is 285 Å². The zero-order valence-electron chi connectivity index (χ0n) is 72.2. The van der Waals surface area contributed by atoms with Crippen molar-refractivity contribution in [2.75, 3.05) is 14.7 Å². The van der Waals surface area contributed by atoms with E-state index < -0.39 is 0 Å². The minimum absolute atomic E-state index is 0.0296. The van der Waals surface area contributed by atoms with Gasteiger partial charge in [0.05, 0.1) is 45.3 Å². The van der Waals surface area contributed by atoms with Gasteiger partial charge in [-0.3, -0.25) is 9.59 Å². The second-order valence-electron chi connectivity index (χ2n) is 33.9. The van der Waals surface area contributed by atoms with Crippen LogP contribution >= 0.6 is 224 Å². The third-order valence-electron chi connectivity index (χ3n) is 24.4. The molecule has 4 aliphatic rings.